The zero-order valence-corrected chi connectivity index (χ0v) is 13.0. The van der Waals surface area contributed by atoms with Crippen LogP contribution in [0.2, 0.25) is 0 Å². The molecular formula is C11H22N4O5S. The predicted molar refractivity (Wildman–Crippen MR) is 79.1 cm³/mol. The van der Waals surface area contributed by atoms with E-state index in [-0.39, 0.29) is 6.61 Å². The molecule has 1 N–H and O–H groups in total. The first-order valence-corrected chi connectivity index (χ1v) is 7.45. The fraction of sp³-hybridized carbons (Fsp3) is 0.909. The molecule has 0 aromatic carbocycles. The molecule has 0 atom stereocenters. The van der Waals surface area contributed by atoms with Crippen LogP contribution in [-0.2, 0) is 18.4 Å². The lowest BCUT2D eigenvalue weighted by Gasteiger charge is -2.07. The first-order chi connectivity index (χ1) is 10.3. The number of nitrogens with one attached hydrogen (secondary N) is 1. The quantitative estimate of drug-likeness (QED) is 0.171. The van der Waals surface area contributed by atoms with Gasteiger partial charge >= 0.3 is 6.09 Å². The Morgan fingerprint density at radius 3 is 2.67 bits per heavy atom. The molecule has 0 heterocycles. The smallest absolute Gasteiger partial charge is 0.407 e. The Bertz CT molecular complexity index is 302. The van der Waals surface area contributed by atoms with Crippen molar-refractivity contribution in [2.75, 3.05) is 59.0 Å². The van der Waals surface area contributed by atoms with Crippen molar-refractivity contribution in [3.8, 4) is 0 Å². The van der Waals surface area contributed by atoms with E-state index in [0.717, 1.165) is 12.2 Å². The Hall–Kier alpha value is -1.19. The average molecular weight is 322 g/mol. The fourth-order valence-electron chi connectivity index (χ4n) is 1.12. The molecule has 0 aliphatic heterocycles. The molecule has 0 unspecified atom stereocenters. The average Bonchev–Trinajstić information content (AvgIpc) is 2.49. The Kier molecular flexibility index (Phi) is 15.9. The predicted octanol–water partition coefficient (Wildman–Crippen LogP) is 1.74. The second-order valence-electron chi connectivity index (χ2n) is 3.58. The Morgan fingerprint density at radius 1 is 1.24 bits per heavy atom. The summed E-state index contributed by atoms with van der Waals surface area (Å²) in [5.41, 5.74) is 8.03. The van der Waals surface area contributed by atoms with E-state index < -0.39 is 6.09 Å². The van der Waals surface area contributed by atoms with Crippen LogP contribution >= 0.6 is 12.0 Å². The molecule has 0 aliphatic carbocycles. The molecule has 122 valence electrons. The van der Waals surface area contributed by atoms with Crippen molar-refractivity contribution < 1.29 is 23.2 Å². The van der Waals surface area contributed by atoms with E-state index in [0.29, 0.717) is 39.5 Å². The third-order valence-electron chi connectivity index (χ3n) is 2.02. The van der Waals surface area contributed by atoms with E-state index in [1.807, 2.05) is 0 Å². The van der Waals surface area contributed by atoms with E-state index in [1.54, 1.807) is 7.11 Å². The van der Waals surface area contributed by atoms with Gasteiger partial charge in [0.2, 0.25) is 0 Å². The van der Waals surface area contributed by atoms with Crippen LogP contribution in [0.25, 0.3) is 10.4 Å². The summed E-state index contributed by atoms with van der Waals surface area (Å²) in [4.78, 5) is 13.8. The number of rotatable bonds is 14. The van der Waals surface area contributed by atoms with Crippen molar-refractivity contribution in [1.82, 2.24) is 5.32 Å². The third-order valence-corrected chi connectivity index (χ3v) is 2.71. The minimum Gasteiger partial charge on any atom is -0.447 e. The number of carbonyl (C=O) groups is 1. The molecule has 1 amide bonds. The molecule has 10 heteroatoms. The van der Waals surface area contributed by atoms with Crippen LogP contribution in [0.5, 0.6) is 0 Å². The highest BCUT2D eigenvalue weighted by Gasteiger charge is 2.00. The molecule has 0 aromatic rings. The third kappa shape index (κ3) is 16.8. The second kappa shape index (κ2) is 16.9. The molecule has 0 aliphatic rings. The van der Waals surface area contributed by atoms with Crippen molar-refractivity contribution in [3.05, 3.63) is 10.4 Å². The summed E-state index contributed by atoms with van der Waals surface area (Å²) in [5.74, 6) is 0.819. The number of hydrogen-bond acceptors (Lipinski definition) is 7. The molecule has 21 heavy (non-hydrogen) atoms. The van der Waals surface area contributed by atoms with E-state index in [1.165, 1.54) is 12.0 Å². The largest absolute Gasteiger partial charge is 0.447 e. The highest BCUT2D eigenvalue weighted by Crippen LogP contribution is 2.00. The zero-order valence-electron chi connectivity index (χ0n) is 12.2. The van der Waals surface area contributed by atoms with Gasteiger partial charge in [0.25, 0.3) is 0 Å². The monoisotopic (exact) mass is 322 g/mol. The Morgan fingerprint density at radius 2 is 1.95 bits per heavy atom. The van der Waals surface area contributed by atoms with Crippen molar-refractivity contribution in [2.24, 2.45) is 5.11 Å². The number of carbonyl (C=O) groups excluding carboxylic acids is 1. The highest BCUT2D eigenvalue weighted by atomic mass is 32.2. The Labute approximate surface area is 128 Å². The van der Waals surface area contributed by atoms with Crippen LogP contribution in [0.3, 0.4) is 0 Å². The topological polar surface area (TPSA) is 115 Å². The molecule has 0 radical (unpaired) electrons. The summed E-state index contributed by atoms with van der Waals surface area (Å²) in [7, 11) is 1.61. The molecule has 0 fully saturated rings. The lowest BCUT2D eigenvalue weighted by molar-refractivity contribution is 0.0301. The van der Waals surface area contributed by atoms with Crippen LogP contribution in [-0.4, -0.2) is 65.1 Å². The second-order valence-corrected chi connectivity index (χ2v) is 4.56. The Balaban J connectivity index is 3.16. The first-order valence-electron chi connectivity index (χ1n) is 6.53. The van der Waals surface area contributed by atoms with E-state index in [2.05, 4.69) is 15.3 Å². The fourth-order valence-corrected chi connectivity index (χ4v) is 1.55. The molecule has 0 spiro atoms. The zero-order chi connectivity index (χ0) is 15.6. The number of amides is 1. The van der Waals surface area contributed by atoms with Gasteiger partial charge in [-0.15, -0.1) is 0 Å². The number of hydrogen-bond donors (Lipinski definition) is 1. The molecular weight excluding hydrogens is 300 g/mol. The SMILES string of the molecule is COSCCCNC(=O)OCCOCCOCCN=[N+]=[N-]. The van der Waals surface area contributed by atoms with E-state index in [9.17, 15) is 4.79 Å². The first kappa shape index (κ1) is 19.8. The lowest BCUT2D eigenvalue weighted by Crippen LogP contribution is -2.27. The molecule has 0 bridgehead atoms. The number of ether oxygens (including phenoxy) is 3. The number of alkyl carbamates (subject to hydrolysis) is 1. The van der Waals surface area contributed by atoms with Crippen LogP contribution in [0.1, 0.15) is 6.42 Å². The molecule has 0 rings (SSSR count). The van der Waals surface area contributed by atoms with Gasteiger partial charge in [0.1, 0.15) is 6.61 Å². The number of azide groups is 1. The van der Waals surface area contributed by atoms with Gasteiger partial charge in [-0.2, -0.15) is 0 Å². The molecule has 0 saturated carbocycles. The standard InChI is InChI=1S/C11H22N4O5S/c1-17-21-10-2-3-13-11(16)20-9-8-19-7-6-18-5-4-14-15-12/h2-10H2,1H3,(H,13,16). The van der Waals surface area contributed by atoms with Gasteiger partial charge in [0.15, 0.2) is 0 Å². The van der Waals surface area contributed by atoms with Crippen molar-refractivity contribution in [3.63, 3.8) is 0 Å². The van der Waals surface area contributed by atoms with Gasteiger partial charge in [-0.3, -0.25) is 0 Å². The van der Waals surface area contributed by atoms with Crippen LogP contribution in [0.4, 0.5) is 4.79 Å². The lowest BCUT2D eigenvalue weighted by atomic mass is 10.5. The van der Waals surface area contributed by atoms with E-state index in [4.69, 9.17) is 23.9 Å². The summed E-state index contributed by atoms with van der Waals surface area (Å²) in [6.45, 7) is 2.54. The van der Waals surface area contributed by atoms with Gasteiger partial charge in [-0.1, -0.05) is 5.11 Å². The summed E-state index contributed by atoms with van der Waals surface area (Å²) in [5, 5.41) is 5.94. The summed E-state index contributed by atoms with van der Waals surface area (Å²) in [6.07, 6.45) is 0.365. The van der Waals surface area contributed by atoms with Crippen LogP contribution in [0.15, 0.2) is 5.11 Å². The number of nitrogens with zero attached hydrogens (tertiary/aromatic N) is 3. The maximum absolute atomic E-state index is 11.2. The molecule has 0 saturated heterocycles. The van der Waals surface area contributed by atoms with Crippen LogP contribution in [0, 0.1) is 0 Å². The van der Waals surface area contributed by atoms with Crippen LogP contribution < -0.4 is 5.32 Å². The van der Waals surface area contributed by atoms with Gasteiger partial charge in [0, 0.05) is 23.8 Å². The summed E-state index contributed by atoms with van der Waals surface area (Å²) < 4.78 is 20.0. The highest BCUT2D eigenvalue weighted by molar-refractivity contribution is 7.94. The maximum Gasteiger partial charge on any atom is 0.407 e. The summed E-state index contributed by atoms with van der Waals surface area (Å²) >= 11 is 1.35. The molecule has 0 aromatic heterocycles. The molecule has 9 nitrogen and oxygen atoms in total. The van der Waals surface area contributed by atoms with Crippen molar-refractivity contribution in [2.45, 2.75) is 6.42 Å². The van der Waals surface area contributed by atoms with Gasteiger partial charge < -0.3 is 23.7 Å². The maximum atomic E-state index is 11.2. The van der Waals surface area contributed by atoms with Crippen molar-refractivity contribution >= 4 is 18.1 Å². The van der Waals surface area contributed by atoms with Gasteiger partial charge in [0.05, 0.1) is 33.5 Å². The van der Waals surface area contributed by atoms with E-state index >= 15 is 0 Å². The van der Waals surface area contributed by atoms with Crippen molar-refractivity contribution in [1.29, 1.82) is 0 Å². The normalized spacial score (nSPS) is 9.95. The summed E-state index contributed by atoms with van der Waals surface area (Å²) in [6, 6.07) is 0. The minimum absolute atomic E-state index is 0.192. The van der Waals surface area contributed by atoms with Gasteiger partial charge in [-0.05, 0) is 24.0 Å². The van der Waals surface area contributed by atoms with Gasteiger partial charge in [-0.25, -0.2) is 4.79 Å². The minimum atomic E-state index is -0.452.